The molecule has 0 bridgehead atoms. The van der Waals surface area contributed by atoms with E-state index in [0.29, 0.717) is 13.0 Å². The Morgan fingerprint density at radius 2 is 2.14 bits per heavy atom. The molecule has 1 atom stereocenters. The second kappa shape index (κ2) is 2.85. The third kappa shape index (κ3) is 1.13. The van der Waals surface area contributed by atoms with E-state index in [9.17, 15) is 18.0 Å². The van der Waals surface area contributed by atoms with E-state index in [0.717, 1.165) is 4.90 Å². The van der Waals surface area contributed by atoms with Crippen LogP contribution in [0, 0.1) is 0 Å². The molecule has 0 aliphatic carbocycles. The molecule has 2 aliphatic heterocycles. The van der Waals surface area contributed by atoms with Gasteiger partial charge in [0.15, 0.2) is 5.66 Å². The van der Waals surface area contributed by atoms with Crippen LogP contribution < -0.4 is 5.32 Å². The standard InChI is InChI=1S/C8H11F3N2O/c9-8(10,11)7-3-2-6(14)13(7)5-1-4-12-7/h12H,1-5H2/t7-/m0/s1. The minimum absolute atomic E-state index is 0.00743. The number of amides is 1. The maximum absolute atomic E-state index is 12.8. The van der Waals surface area contributed by atoms with Gasteiger partial charge in [-0.3, -0.25) is 10.1 Å². The lowest BCUT2D eigenvalue weighted by Gasteiger charge is -2.43. The second-order valence-electron chi connectivity index (χ2n) is 3.68. The summed E-state index contributed by atoms with van der Waals surface area (Å²) in [4.78, 5) is 12.2. The summed E-state index contributed by atoms with van der Waals surface area (Å²) in [7, 11) is 0. The van der Waals surface area contributed by atoms with Crippen molar-refractivity contribution >= 4 is 5.91 Å². The highest BCUT2D eigenvalue weighted by atomic mass is 19.4. The van der Waals surface area contributed by atoms with Crippen molar-refractivity contribution in [3.63, 3.8) is 0 Å². The largest absolute Gasteiger partial charge is 0.425 e. The van der Waals surface area contributed by atoms with Gasteiger partial charge < -0.3 is 4.90 Å². The first-order chi connectivity index (χ1) is 6.47. The van der Waals surface area contributed by atoms with E-state index in [4.69, 9.17) is 0 Å². The maximum atomic E-state index is 12.8. The molecule has 80 valence electrons. The van der Waals surface area contributed by atoms with Gasteiger partial charge in [-0.15, -0.1) is 0 Å². The van der Waals surface area contributed by atoms with Crippen molar-refractivity contribution in [2.45, 2.75) is 31.1 Å². The van der Waals surface area contributed by atoms with Gasteiger partial charge in [0.1, 0.15) is 0 Å². The number of rotatable bonds is 0. The fourth-order valence-electron chi connectivity index (χ4n) is 2.20. The van der Waals surface area contributed by atoms with Crippen LogP contribution in [0.4, 0.5) is 13.2 Å². The molecule has 2 rings (SSSR count). The predicted molar refractivity (Wildman–Crippen MR) is 42.4 cm³/mol. The van der Waals surface area contributed by atoms with Crippen molar-refractivity contribution in [2.24, 2.45) is 0 Å². The highest BCUT2D eigenvalue weighted by Gasteiger charge is 2.63. The lowest BCUT2D eigenvalue weighted by molar-refractivity contribution is -0.239. The van der Waals surface area contributed by atoms with Crippen molar-refractivity contribution < 1.29 is 18.0 Å². The van der Waals surface area contributed by atoms with Crippen molar-refractivity contribution in [3.05, 3.63) is 0 Å². The predicted octanol–water partition coefficient (Wildman–Crippen LogP) is 0.861. The highest BCUT2D eigenvalue weighted by Crippen LogP contribution is 2.42. The van der Waals surface area contributed by atoms with Gasteiger partial charge in [0.05, 0.1) is 0 Å². The van der Waals surface area contributed by atoms with Crippen LogP contribution in [0.2, 0.25) is 0 Å². The SMILES string of the molecule is O=C1CC[C@]2(C(F)(F)F)NCCCN12. The Labute approximate surface area is 79.3 Å². The molecule has 0 saturated carbocycles. The zero-order valence-electron chi connectivity index (χ0n) is 7.52. The molecular formula is C8H11F3N2O. The molecule has 1 amide bonds. The van der Waals surface area contributed by atoms with Crippen LogP contribution in [0.1, 0.15) is 19.3 Å². The number of hydrogen-bond acceptors (Lipinski definition) is 2. The minimum Gasteiger partial charge on any atom is -0.316 e. The molecule has 2 fully saturated rings. The van der Waals surface area contributed by atoms with Crippen molar-refractivity contribution in [2.75, 3.05) is 13.1 Å². The molecule has 0 aromatic heterocycles. The molecule has 0 unspecified atom stereocenters. The molecule has 3 nitrogen and oxygen atoms in total. The van der Waals surface area contributed by atoms with Crippen LogP contribution in [0.3, 0.4) is 0 Å². The zero-order chi connectivity index (χ0) is 10.4. The molecule has 0 radical (unpaired) electrons. The highest BCUT2D eigenvalue weighted by molar-refractivity contribution is 5.80. The van der Waals surface area contributed by atoms with E-state index in [-0.39, 0.29) is 19.4 Å². The third-order valence-corrected chi connectivity index (χ3v) is 2.91. The summed E-state index contributed by atoms with van der Waals surface area (Å²) in [5.41, 5.74) is -2.07. The first-order valence-corrected chi connectivity index (χ1v) is 4.60. The van der Waals surface area contributed by atoms with Crippen molar-refractivity contribution in [1.29, 1.82) is 0 Å². The van der Waals surface area contributed by atoms with Crippen LogP contribution >= 0.6 is 0 Å². The van der Waals surface area contributed by atoms with E-state index >= 15 is 0 Å². The Morgan fingerprint density at radius 3 is 2.71 bits per heavy atom. The van der Waals surface area contributed by atoms with E-state index in [1.165, 1.54) is 0 Å². The lowest BCUT2D eigenvalue weighted by Crippen LogP contribution is -2.68. The number of nitrogens with zero attached hydrogens (tertiary/aromatic N) is 1. The zero-order valence-corrected chi connectivity index (χ0v) is 7.52. The van der Waals surface area contributed by atoms with Crippen molar-refractivity contribution in [3.8, 4) is 0 Å². The molecule has 14 heavy (non-hydrogen) atoms. The van der Waals surface area contributed by atoms with E-state index in [2.05, 4.69) is 5.32 Å². The molecule has 2 saturated heterocycles. The quantitative estimate of drug-likeness (QED) is 0.640. The summed E-state index contributed by atoms with van der Waals surface area (Å²) in [5, 5.41) is 2.44. The molecule has 0 aromatic carbocycles. The average Bonchev–Trinajstić information content (AvgIpc) is 2.45. The number of nitrogens with one attached hydrogen (secondary N) is 1. The fourth-order valence-corrected chi connectivity index (χ4v) is 2.20. The molecular weight excluding hydrogens is 197 g/mol. The molecule has 0 aromatic rings. The van der Waals surface area contributed by atoms with Crippen LogP contribution in [-0.2, 0) is 4.79 Å². The molecule has 2 aliphatic rings. The first kappa shape index (κ1) is 9.76. The summed E-state index contributed by atoms with van der Waals surface area (Å²) in [6, 6.07) is 0. The third-order valence-electron chi connectivity index (χ3n) is 2.91. The summed E-state index contributed by atoms with van der Waals surface area (Å²) < 4.78 is 38.4. The minimum atomic E-state index is -4.38. The average molecular weight is 208 g/mol. The number of alkyl halides is 3. The lowest BCUT2D eigenvalue weighted by atomic mass is 10.0. The van der Waals surface area contributed by atoms with E-state index in [1.807, 2.05) is 0 Å². The number of halogens is 3. The Hall–Kier alpha value is -0.780. The van der Waals surface area contributed by atoms with Gasteiger partial charge in [-0.25, -0.2) is 0 Å². The maximum Gasteiger partial charge on any atom is 0.425 e. The fraction of sp³-hybridized carbons (Fsp3) is 0.875. The van der Waals surface area contributed by atoms with Crippen LogP contribution in [0.25, 0.3) is 0 Å². The Balaban J connectivity index is 2.34. The van der Waals surface area contributed by atoms with Gasteiger partial charge in [0.25, 0.3) is 0 Å². The van der Waals surface area contributed by atoms with Gasteiger partial charge in [-0.2, -0.15) is 13.2 Å². The van der Waals surface area contributed by atoms with Crippen LogP contribution in [-0.4, -0.2) is 35.7 Å². The second-order valence-corrected chi connectivity index (χ2v) is 3.68. The van der Waals surface area contributed by atoms with Gasteiger partial charge >= 0.3 is 6.18 Å². The van der Waals surface area contributed by atoms with Gasteiger partial charge in [-0.05, 0) is 13.0 Å². The number of carbonyl (C=O) groups is 1. The van der Waals surface area contributed by atoms with Gasteiger partial charge in [0, 0.05) is 19.4 Å². The number of fused-ring (bicyclic) bond motifs is 1. The van der Waals surface area contributed by atoms with Gasteiger partial charge in [0.2, 0.25) is 5.91 Å². The van der Waals surface area contributed by atoms with E-state index < -0.39 is 17.7 Å². The van der Waals surface area contributed by atoms with E-state index in [1.54, 1.807) is 0 Å². The molecule has 0 spiro atoms. The smallest absolute Gasteiger partial charge is 0.316 e. The monoisotopic (exact) mass is 208 g/mol. The topological polar surface area (TPSA) is 32.3 Å². The van der Waals surface area contributed by atoms with Crippen molar-refractivity contribution in [1.82, 2.24) is 10.2 Å². The normalized spacial score (nSPS) is 33.4. The molecule has 2 heterocycles. The summed E-state index contributed by atoms with van der Waals surface area (Å²) in [6.45, 7) is 0.536. The number of carbonyl (C=O) groups excluding carboxylic acids is 1. The Morgan fingerprint density at radius 1 is 1.43 bits per heavy atom. The van der Waals surface area contributed by atoms with Crippen LogP contribution in [0.15, 0.2) is 0 Å². The molecule has 1 N–H and O–H groups in total. The first-order valence-electron chi connectivity index (χ1n) is 4.60. The van der Waals surface area contributed by atoms with Gasteiger partial charge in [-0.1, -0.05) is 0 Å². The summed E-state index contributed by atoms with van der Waals surface area (Å²) >= 11 is 0. The van der Waals surface area contributed by atoms with Crippen LogP contribution in [0.5, 0.6) is 0 Å². The Bertz CT molecular complexity index is 266. The molecule has 6 heteroatoms. The Kier molecular flexibility index (Phi) is 1.99. The summed E-state index contributed by atoms with van der Waals surface area (Å²) in [6.07, 6.45) is -3.95. The summed E-state index contributed by atoms with van der Waals surface area (Å²) in [5.74, 6) is -0.394. The number of hydrogen-bond donors (Lipinski definition) is 1.